The summed E-state index contributed by atoms with van der Waals surface area (Å²) < 4.78 is 31.9. The third kappa shape index (κ3) is 4.29. The highest BCUT2D eigenvalue weighted by molar-refractivity contribution is 7.12. The summed E-state index contributed by atoms with van der Waals surface area (Å²) in [6.07, 6.45) is 0.734. The van der Waals surface area contributed by atoms with Crippen LogP contribution >= 0.6 is 23.7 Å². The van der Waals surface area contributed by atoms with Gasteiger partial charge in [-0.05, 0) is 42.1 Å². The fraction of sp³-hybridized carbons (Fsp3) is 0.353. The molecule has 2 aromatic rings. The van der Waals surface area contributed by atoms with Crippen molar-refractivity contribution in [3.05, 3.63) is 51.7 Å². The van der Waals surface area contributed by atoms with E-state index in [1.54, 1.807) is 17.5 Å². The molecule has 1 aliphatic heterocycles. The van der Waals surface area contributed by atoms with Gasteiger partial charge in [0.1, 0.15) is 10.6 Å². The summed E-state index contributed by atoms with van der Waals surface area (Å²) in [5, 5.41) is 8.01. The van der Waals surface area contributed by atoms with E-state index in [2.05, 4.69) is 10.6 Å². The van der Waals surface area contributed by atoms with Gasteiger partial charge in [-0.3, -0.25) is 4.79 Å². The molecule has 1 amide bonds. The van der Waals surface area contributed by atoms with E-state index < -0.39 is 11.6 Å². The largest absolute Gasteiger partial charge is 0.495 e. The maximum Gasteiger partial charge on any atom is 0.265 e. The van der Waals surface area contributed by atoms with Crippen LogP contribution < -0.4 is 15.4 Å². The standard InChI is InChI=1S/C17H18F2N2O2S.ClH/c1-23-15-5-7-24-16(15)17(22)21-14-9-20-6-4-11(14)10-2-3-12(18)13(19)8-10;/h2-3,5,7-8,11,14,20H,4,6,9H2,1H3,(H,21,22);1H. The summed E-state index contributed by atoms with van der Waals surface area (Å²) >= 11 is 1.31. The Bertz CT molecular complexity index is 741. The first-order valence-corrected chi connectivity index (χ1v) is 8.56. The average Bonchev–Trinajstić information content (AvgIpc) is 3.07. The van der Waals surface area contributed by atoms with Gasteiger partial charge >= 0.3 is 0 Å². The number of carbonyl (C=O) groups is 1. The first-order chi connectivity index (χ1) is 11.6. The first kappa shape index (κ1) is 19.6. The van der Waals surface area contributed by atoms with Crippen LogP contribution in [0.25, 0.3) is 0 Å². The molecule has 8 heteroatoms. The highest BCUT2D eigenvalue weighted by Gasteiger charge is 2.29. The number of benzene rings is 1. The zero-order valence-corrected chi connectivity index (χ0v) is 15.2. The lowest BCUT2D eigenvalue weighted by atomic mass is 9.86. The maximum absolute atomic E-state index is 13.6. The van der Waals surface area contributed by atoms with Crippen LogP contribution in [0, 0.1) is 11.6 Å². The van der Waals surface area contributed by atoms with E-state index in [0.29, 0.717) is 22.7 Å². The van der Waals surface area contributed by atoms with Crippen molar-refractivity contribution in [1.29, 1.82) is 0 Å². The zero-order valence-electron chi connectivity index (χ0n) is 13.6. The minimum absolute atomic E-state index is 0. The van der Waals surface area contributed by atoms with Gasteiger partial charge in [-0.25, -0.2) is 8.78 Å². The Balaban J connectivity index is 0.00000225. The van der Waals surface area contributed by atoms with E-state index in [0.717, 1.165) is 19.0 Å². The Kier molecular flexibility index (Phi) is 6.75. The van der Waals surface area contributed by atoms with Crippen LogP contribution in [-0.4, -0.2) is 32.1 Å². The molecule has 3 rings (SSSR count). The molecule has 1 fully saturated rings. The molecule has 2 heterocycles. The summed E-state index contributed by atoms with van der Waals surface area (Å²) in [4.78, 5) is 13.0. The van der Waals surface area contributed by atoms with Gasteiger partial charge in [-0.1, -0.05) is 6.07 Å². The minimum atomic E-state index is -0.865. The normalized spacial score (nSPS) is 19.8. The molecule has 2 atom stereocenters. The quantitative estimate of drug-likeness (QED) is 0.844. The molecule has 136 valence electrons. The van der Waals surface area contributed by atoms with Gasteiger partial charge in [0, 0.05) is 18.5 Å². The summed E-state index contributed by atoms with van der Waals surface area (Å²) in [5.74, 6) is -1.49. The Morgan fingerprint density at radius 2 is 2.12 bits per heavy atom. The number of amides is 1. The van der Waals surface area contributed by atoms with Crippen LogP contribution in [0.15, 0.2) is 29.6 Å². The van der Waals surface area contributed by atoms with Crippen LogP contribution in [0.2, 0.25) is 0 Å². The Morgan fingerprint density at radius 1 is 1.32 bits per heavy atom. The number of hydrogen-bond donors (Lipinski definition) is 2. The zero-order chi connectivity index (χ0) is 17.1. The van der Waals surface area contributed by atoms with Crippen LogP contribution in [-0.2, 0) is 0 Å². The Morgan fingerprint density at radius 3 is 2.84 bits per heavy atom. The molecule has 2 unspecified atom stereocenters. The van der Waals surface area contributed by atoms with E-state index in [4.69, 9.17) is 4.74 Å². The van der Waals surface area contributed by atoms with Gasteiger partial charge in [-0.15, -0.1) is 23.7 Å². The third-order valence-corrected chi connectivity index (χ3v) is 5.12. The number of piperidine rings is 1. The maximum atomic E-state index is 13.6. The van der Waals surface area contributed by atoms with Crippen molar-refractivity contribution in [3.8, 4) is 5.75 Å². The average molecular weight is 389 g/mol. The van der Waals surface area contributed by atoms with Crippen LogP contribution in [0.5, 0.6) is 5.75 Å². The molecule has 25 heavy (non-hydrogen) atoms. The number of hydrogen-bond acceptors (Lipinski definition) is 4. The van der Waals surface area contributed by atoms with Crippen LogP contribution in [0.1, 0.15) is 27.6 Å². The van der Waals surface area contributed by atoms with E-state index in [1.165, 1.54) is 24.5 Å². The van der Waals surface area contributed by atoms with Gasteiger partial charge < -0.3 is 15.4 Å². The molecule has 0 spiro atoms. The molecule has 2 N–H and O–H groups in total. The van der Waals surface area contributed by atoms with Gasteiger partial charge in [0.15, 0.2) is 11.6 Å². The predicted molar refractivity (Wildman–Crippen MR) is 96.0 cm³/mol. The van der Waals surface area contributed by atoms with E-state index >= 15 is 0 Å². The van der Waals surface area contributed by atoms with E-state index in [9.17, 15) is 13.6 Å². The fourth-order valence-electron chi connectivity index (χ4n) is 3.01. The van der Waals surface area contributed by atoms with Gasteiger partial charge in [0.2, 0.25) is 0 Å². The second-order valence-electron chi connectivity index (χ2n) is 5.67. The summed E-state index contributed by atoms with van der Waals surface area (Å²) in [5.41, 5.74) is 0.693. The van der Waals surface area contributed by atoms with Gasteiger partial charge in [-0.2, -0.15) is 0 Å². The van der Waals surface area contributed by atoms with Crippen molar-refractivity contribution in [2.45, 2.75) is 18.4 Å². The minimum Gasteiger partial charge on any atom is -0.495 e. The third-order valence-electron chi connectivity index (χ3n) is 4.23. The number of methoxy groups -OCH3 is 1. The molecule has 1 aliphatic rings. The van der Waals surface area contributed by atoms with Crippen LogP contribution in [0.3, 0.4) is 0 Å². The molecule has 1 aromatic carbocycles. The highest BCUT2D eigenvalue weighted by Crippen LogP contribution is 2.29. The van der Waals surface area contributed by atoms with Gasteiger partial charge in [0.05, 0.1) is 7.11 Å². The lowest BCUT2D eigenvalue weighted by Crippen LogP contribution is -2.50. The number of carbonyl (C=O) groups excluding carboxylic acids is 1. The van der Waals surface area contributed by atoms with E-state index in [-0.39, 0.29) is 30.3 Å². The summed E-state index contributed by atoms with van der Waals surface area (Å²) in [6.45, 7) is 1.33. The molecule has 1 aromatic heterocycles. The molecular weight excluding hydrogens is 370 g/mol. The smallest absolute Gasteiger partial charge is 0.265 e. The monoisotopic (exact) mass is 388 g/mol. The number of rotatable bonds is 4. The Labute approximate surface area is 155 Å². The number of nitrogens with one attached hydrogen (secondary N) is 2. The van der Waals surface area contributed by atoms with Crippen molar-refractivity contribution in [1.82, 2.24) is 10.6 Å². The van der Waals surface area contributed by atoms with Crippen molar-refractivity contribution in [2.75, 3.05) is 20.2 Å². The second kappa shape index (κ2) is 8.60. The molecule has 4 nitrogen and oxygen atoms in total. The molecule has 0 saturated carbocycles. The van der Waals surface area contributed by atoms with Crippen molar-refractivity contribution < 1.29 is 18.3 Å². The van der Waals surface area contributed by atoms with Crippen LogP contribution in [0.4, 0.5) is 8.78 Å². The topological polar surface area (TPSA) is 50.4 Å². The lowest BCUT2D eigenvalue weighted by Gasteiger charge is -2.33. The molecule has 0 bridgehead atoms. The number of halogens is 3. The highest BCUT2D eigenvalue weighted by atomic mass is 35.5. The summed E-state index contributed by atoms with van der Waals surface area (Å²) in [6, 6.07) is 5.47. The SMILES string of the molecule is COc1ccsc1C(=O)NC1CNCCC1c1ccc(F)c(F)c1.Cl. The molecule has 1 saturated heterocycles. The van der Waals surface area contributed by atoms with Gasteiger partial charge in [0.25, 0.3) is 5.91 Å². The number of thiophene rings is 1. The lowest BCUT2D eigenvalue weighted by molar-refractivity contribution is 0.0926. The van der Waals surface area contributed by atoms with Crippen molar-refractivity contribution in [2.24, 2.45) is 0 Å². The van der Waals surface area contributed by atoms with E-state index in [1.807, 2.05) is 0 Å². The van der Waals surface area contributed by atoms with Crippen molar-refractivity contribution >= 4 is 29.7 Å². The van der Waals surface area contributed by atoms with Crippen molar-refractivity contribution in [3.63, 3.8) is 0 Å². The molecular formula is C17H19ClF2N2O2S. The predicted octanol–water partition coefficient (Wildman–Crippen LogP) is 3.33. The fourth-order valence-corrected chi connectivity index (χ4v) is 3.77. The Hall–Kier alpha value is -1.70. The summed E-state index contributed by atoms with van der Waals surface area (Å²) in [7, 11) is 1.52. The molecule has 0 radical (unpaired) electrons. The second-order valence-corrected chi connectivity index (χ2v) is 6.59. The number of ether oxygens (including phenoxy) is 1. The molecule has 0 aliphatic carbocycles. The first-order valence-electron chi connectivity index (χ1n) is 7.68.